The van der Waals surface area contributed by atoms with Gasteiger partial charge in [-0.3, -0.25) is 0 Å². The summed E-state index contributed by atoms with van der Waals surface area (Å²) >= 11 is 0. The van der Waals surface area contributed by atoms with Crippen molar-refractivity contribution in [1.29, 1.82) is 0 Å². The molecule has 0 fully saturated rings. The number of benzene rings is 2. The van der Waals surface area contributed by atoms with Gasteiger partial charge in [-0.05, 0) is 42.5 Å². The smallest absolute Gasteiger partial charge is 0.416 e. The van der Waals surface area contributed by atoms with Gasteiger partial charge in [0, 0.05) is 0 Å². The Balaban J connectivity index is 2.20. The Bertz CT molecular complexity index is 618. The maximum atomic E-state index is 12.5. The van der Waals surface area contributed by atoms with Gasteiger partial charge in [0.25, 0.3) is 0 Å². The highest BCUT2D eigenvalue weighted by molar-refractivity contribution is 5.87. The molecule has 2 aromatic rings. The molecule has 0 aliphatic rings. The first kappa shape index (κ1) is 13.9. The molecule has 0 radical (unpaired) electrons. The van der Waals surface area contributed by atoms with E-state index in [1.54, 1.807) is 0 Å². The van der Waals surface area contributed by atoms with E-state index in [9.17, 15) is 18.0 Å². The molecular formula is C14H9F3O3. The third-order valence-electron chi connectivity index (χ3n) is 2.50. The molecule has 0 saturated heterocycles. The number of carboxylic acid groups (broad SMARTS) is 1. The van der Waals surface area contributed by atoms with Crippen molar-refractivity contribution in [2.75, 3.05) is 0 Å². The maximum absolute atomic E-state index is 12.5. The maximum Gasteiger partial charge on any atom is 0.416 e. The van der Waals surface area contributed by atoms with Crippen molar-refractivity contribution < 1.29 is 27.8 Å². The van der Waals surface area contributed by atoms with E-state index >= 15 is 0 Å². The second kappa shape index (κ2) is 5.24. The standard InChI is InChI=1S/C14H9F3O3/c15-14(16,17)10-2-1-3-12(8-10)20-11-6-4-9(5-7-11)13(18)19/h1-8H,(H,18,19). The highest BCUT2D eigenvalue weighted by Gasteiger charge is 2.30. The van der Waals surface area contributed by atoms with E-state index in [0.717, 1.165) is 12.1 Å². The molecular weight excluding hydrogens is 273 g/mol. The average molecular weight is 282 g/mol. The van der Waals surface area contributed by atoms with Crippen LogP contribution < -0.4 is 4.74 Å². The van der Waals surface area contributed by atoms with Crippen LogP contribution in [0.3, 0.4) is 0 Å². The van der Waals surface area contributed by atoms with Crippen LogP contribution >= 0.6 is 0 Å². The summed E-state index contributed by atoms with van der Waals surface area (Å²) in [4.78, 5) is 10.7. The lowest BCUT2D eigenvalue weighted by Gasteiger charge is -2.10. The Morgan fingerprint density at radius 1 is 1.00 bits per heavy atom. The molecule has 6 heteroatoms. The van der Waals surface area contributed by atoms with Gasteiger partial charge in [0.15, 0.2) is 0 Å². The minimum Gasteiger partial charge on any atom is -0.478 e. The summed E-state index contributed by atoms with van der Waals surface area (Å²) in [5.74, 6) is -0.798. The quantitative estimate of drug-likeness (QED) is 0.917. The van der Waals surface area contributed by atoms with Crippen LogP contribution in [0.2, 0.25) is 0 Å². The summed E-state index contributed by atoms with van der Waals surface area (Å²) in [6.07, 6.45) is -4.44. The van der Waals surface area contributed by atoms with Gasteiger partial charge in [0.2, 0.25) is 0 Å². The van der Waals surface area contributed by atoms with Crippen LogP contribution in [0.1, 0.15) is 15.9 Å². The summed E-state index contributed by atoms with van der Waals surface area (Å²) in [5, 5.41) is 8.73. The summed E-state index contributed by atoms with van der Waals surface area (Å²) in [5.41, 5.74) is -0.737. The zero-order chi connectivity index (χ0) is 14.8. The van der Waals surface area contributed by atoms with Gasteiger partial charge in [0.05, 0.1) is 11.1 Å². The minimum absolute atomic E-state index is 0.0305. The minimum atomic E-state index is -4.44. The number of halogens is 3. The molecule has 0 bridgehead atoms. The molecule has 0 atom stereocenters. The Morgan fingerprint density at radius 2 is 1.65 bits per heavy atom. The normalized spacial score (nSPS) is 11.2. The Hall–Kier alpha value is -2.50. The molecule has 0 spiro atoms. The third-order valence-corrected chi connectivity index (χ3v) is 2.50. The number of carbonyl (C=O) groups is 1. The van der Waals surface area contributed by atoms with Crippen LogP contribution in [-0.2, 0) is 6.18 Å². The van der Waals surface area contributed by atoms with Crippen LogP contribution in [0.4, 0.5) is 13.2 Å². The van der Waals surface area contributed by atoms with Crippen molar-refractivity contribution in [2.24, 2.45) is 0 Å². The van der Waals surface area contributed by atoms with Crippen LogP contribution in [0, 0.1) is 0 Å². The van der Waals surface area contributed by atoms with Crippen molar-refractivity contribution in [2.45, 2.75) is 6.18 Å². The zero-order valence-corrected chi connectivity index (χ0v) is 10.0. The monoisotopic (exact) mass is 282 g/mol. The predicted molar refractivity (Wildman–Crippen MR) is 64.9 cm³/mol. The Labute approximate surface area is 112 Å². The largest absolute Gasteiger partial charge is 0.478 e. The van der Waals surface area contributed by atoms with Gasteiger partial charge in [-0.15, -0.1) is 0 Å². The van der Waals surface area contributed by atoms with Gasteiger partial charge in [0.1, 0.15) is 11.5 Å². The number of hydrogen-bond acceptors (Lipinski definition) is 2. The fourth-order valence-corrected chi connectivity index (χ4v) is 1.54. The zero-order valence-electron chi connectivity index (χ0n) is 10.0. The number of carboxylic acids is 1. The SMILES string of the molecule is O=C(O)c1ccc(Oc2cccc(C(F)(F)F)c2)cc1. The van der Waals surface area contributed by atoms with Crippen LogP contribution in [0.25, 0.3) is 0 Å². The van der Waals surface area contributed by atoms with Gasteiger partial charge in [-0.1, -0.05) is 6.07 Å². The molecule has 3 nitrogen and oxygen atoms in total. The molecule has 0 aliphatic heterocycles. The van der Waals surface area contributed by atoms with Gasteiger partial charge in [-0.25, -0.2) is 4.79 Å². The van der Waals surface area contributed by atoms with E-state index in [0.29, 0.717) is 0 Å². The first-order chi connectivity index (χ1) is 9.36. The number of aromatic carboxylic acids is 1. The lowest BCUT2D eigenvalue weighted by molar-refractivity contribution is -0.137. The van der Waals surface area contributed by atoms with Crippen LogP contribution in [0.5, 0.6) is 11.5 Å². The van der Waals surface area contributed by atoms with Gasteiger partial charge < -0.3 is 9.84 Å². The first-order valence-electron chi connectivity index (χ1n) is 5.55. The molecule has 20 heavy (non-hydrogen) atoms. The summed E-state index contributed by atoms with van der Waals surface area (Å²) in [6, 6.07) is 9.83. The van der Waals surface area contributed by atoms with E-state index < -0.39 is 17.7 Å². The van der Waals surface area contributed by atoms with Crippen molar-refractivity contribution >= 4 is 5.97 Å². The highest BCUT2D eigenvalue weighted by Crippen LogP contribution is 2.32. The molecule has 0 amide bonds. The van der Waals surface area contributed by atoms with E-state index in [1.165, 1.54) is 36.4 Å². The molecule has 0 saturated carbocycles. The first-order valence-corrected chi connectivity index (χ1v) is 5.55. The molecule has 1 N–H and O–H groups in total. The summed E-state index contributed by atoms with van der Waals surface area (Å²) in [7, 11) is 0. The van der Waals surface area contributed by atoms with E-state index in [1.807, 2.05) is 0 Å². The molecule has 104 valence electrons. The van der Waals surface area contributed by atoms with E-state index in [-0.39, 0.29) is 17.1 Å². The van der Waals surface area contributed by atoms with Gasteiger partial charge >= 0.3 is 12.1 Å². The predicted octanol–water partition coefficient (Wildman–Crippen LogP) is 4.20. The lowest BCUT2D eigenvalue weighted by Crippen LogP contribution is -2.04. The van der Waals surface area contributed by atoms with Crippen LogP contribution in [0.15, 0.2) is 48.5 Å². The molecule has 0 aliphatic carbocycles. The van der Waals surface area contributed by atoms with Gasteiger partial charge in [-0.2, -0.15) is 13.2 Å². The number of alkyl halides is 3. The molecule has 0 aromatic heterocycles. The lowest BCUT2D eigenvalue weighted by atomic mass is 10.2. The molecule has 0 unspecified atom stereocenters. The Morgan fingerprint density at radius 3 is 2.20 bits per heavy atom. The molecule has 0 heterocycles. The molecule has 2 rings (SSSR count). The summed E-state index contributed by atoms with van der Waals surface area (Å²) < 4.78 is 42.8. The fourth-order valence-electron chi connectivity index (χ4n) is 1.54. The summed E-state index contributed by atoms with van der Waals surface area (Å²) in [6.45, 7) is 0. The van der Waals surface area contributed by atoms with E-state index in [4.69, 9.17) is 9.84 Å². The fraction of sp³-hybridized carbons (Fsp3) is 0.0714. The van der Waals surface area contributed by atoms with Crippen molar-refractivity contribution in [1.82, 2.24) is 0 Å². The van der Waals surface area contributed by atoms with E-state index in [2.05, 4.69) is 0 Å². The Kier molecular flexibility index (Phi) is 3.65. The number of ether oxygens (including phenoxy) is 1. The second-order valence-electron chi connectivity index (χ2n) is 3.96. The number of rotatable bonds is 3. The van der Waals surface area contributed by atoms with Crippen LogP contribution in [-0.4, -0.2) is 11.1 Å². The van der Waals surface area contributed by atoms with Crippen molar-refractivity contribution in [3.05, 3.63) is 59.7 Å². The van der Waals surface area contributed by atoms with Crippen molar-refractivity contribution in [3.8, 4) is 11.5 Å². The second-order valence-corrected chi connectivity index (χ2v) is 3.96. The molecule has 2 aromatic carbocycles. The average Bonchev–Trinajstić information content (AvgIpc) is 2.38. The number of hydrogen-bond donors (Lipinski definition) is 1. The van der Waals surface area contributed by atoms with Crippen molar-refractivity contribution in [3.63, 3.8) is 0 Å². The topological polar surface area (TPSA) is 46.5 Å². The third kappa shape index (κ3) is 3.28. The highest BCUT2D eigenvalue weighted by atomic mass is 19.4.